The highest BCUT2D eigenvalue weighted by atomic mass is 32.2. The Morgan fingerprint density at radius 3 is 2.22 bits per heavy atom. The highest BCUT2D eigenvalue weighted by molar-refractivity contribution is 8.04. The molecule has 1 amide bonds. The zero-order chi connectivity index (χ0) is 16.1. The quantitative estimate of drug-likeness (QED) is 0.879. The van der Waals surface area contributed by atoms with Crippen LogP contribution in [0.2, 0.25) is 0 Å². The summed E-state index contributed by atoms with van der Waals surface area (Å²) >= 11 is 1.45. The topological polar surface area (TPSA) is 40.5 Å². The Morgan fingerprint density at radius 1 is 0.957 bits per heavy atom. The van der Waals surface area contributed by atoms with Crippen LogP contribution in [-0.4, -0.2) is 28.2 Å². The molecular weight excluding hydrogens is 306 g/mol. The van der Waals surface area contributed by atoms with Gasteiger partial charge in [0.2, 0.25) is 0 Å². The number of aliphatic hydroxyl groups excluding tert-OH is 1. The summed E-state index contributed by atoms with van der Waals surface area (Å²) in [5, 5.41) is 10.1. The van der Waals surface area contributed by atoms with Crippen molar-refractivity contribution < 1.29 is 9.90 Å². The van der Waals surface area contributed by atoms with E-state index in [-0.39, 0.29) is 11.7 Å². The molecule has 0 radical (unpaired) electrons. The molecule has 1 heterocycles. The molecule has 0 aliphatic carbocycles. The number of amides is 1. The van der Waals surface area contributed by atoms with Gasteiger partial charge in [-0.25, -0.2) is 0 Å². The Labute approximate surface area is 140 Å². The molecule has 0 saturated heterocycles. The van der Waals surface area contributed by atoms with Crippen molar-refractivity contribution in [1.29, 1.82) is 0 Å². The average Bonchev–Trinajstić information content (AvgIpc) is 2.84. The van der Waals surface area contributed by atoms with E-state index in [9.17, 15) is 9.90 Å². The van der Waals surface area contributed by atoms with Crippen molar-refractivity contribution in [2.45, 2.75) is 13.0 Å². The molecule has 1 N–H and O–H groups in total. The molecule has 1 aliphatic rings. The lowest BCUT2D eigenvalue weighted by molar-refractivity contribution is -0.125. The first-order valence-electron chi connectivity index (χ1n) is 7.66. The van der Waals surface area contributed by atoms with E-state index in [1.807, 2.05) is 48.5 Å². The van der Waals surface area contributed by atoms with Gasteiger partial charge in [-0.1, -0.05) is 60.7 Å². The largest absolute Gasteiger partial charge is 0.509 e. The van der Waals surface area contributed by atoms with Crippen LogP contribution in [0.5, 0.6) is 0 Å². The van der Waals surface area contributed by atoms with Crippen LogP contribution in [0, 0.1) is 0 Å². The van der Waals surface area contributed by atoms with Gasteiger partial charge in [0.25, 0.3) is 5.91 Å². The third-order valence-electron chi connectivity index (χ3n) is 3.78. The molecular formula is C19H19NO2S. The maximum Gasteiger partial charge on any atom is 0.264 e. The van der Waals surface area contributed by atoms with Gasteiger partial charge in [-0.15, -0.1) is 11.8 Å². The van der Waals surface area contributed by atoms with Crippen molar-refractivity contribution in [1.82, 2.24) is 4.90 Å². The van der Waals surface area contributed by atoms with Crippen LogP contribution in [0.15, 0.2) is 71.3 Å². The fourth-order valence-corrected chi connectivity index (χ4v) is 3.61. The Balaban J connectivity index is 1.55. The normalized spacial score (nSPS) is 14.6. The molecule has 0 fully saturated rings. The molecule has 1 aliphatic heterocycles. The summed E-state index contributed by atoms with van der Waals surface area (Å²) in [6, 6.07) is 20.0. The fraction of sp³-hybridized carbons (Fsp3) is 0.211. The maximum atomic E-state index is 12.4. The molecule has 0 bridgehead atoms. The van der Waals surface area contributed by atoms with E-state index >= 15 is 0 Å². The first-order chi connectivity index (χ1) is 11.2. The number of aliphatic hydroxyl groups is 1. The van der Waals surface area contributed by atoms with Crippen LogP contribution in [0.1, 0.15) is 11.1 Å². The van der Waals surface area contributed by atoms with Crippen molar-refractivity contribution in [2.75, 3.05) is 12.3 Å². The Morgan fingerprint density at radius 2 is 1.57 bits per heavy atom. The third-order valence-corrected chi connectivity index (χ3v) is 4.89. The standard InChI is InChI=1S/C19H19NO2S/c21-17-14-20(13-16-9-5-2-6-10-16)19(22)18(17)23-12-11-15-7-3-1-4-8-15/h1-10,21H,11-14H2. The summed E-state index contributed by atoms with van der Waals surface area (Å²) < 4.78 is 0. The van der Waals surface area contributed by atoms with E-state index in [0.29, 0.717) is 18.0 Å². The summed E-state index contributed by atoms with van der Waals surface area (Å²) in [7, 11) is 0. The molecule has 2 aromatic carbocycles. The summed E-state index contributed by atoms with van der Waals surface area (Å²) in [6.45, 7) is 0.841. The van der Waals surface area contributed by atoms with E-state index in [0.717, 1.165) is 17.7 Å². The van der Waals surface area contributed by atoms with E-state index in [4.69, 9.17) is 0 Å². The Kier molecular flexibility index (Phi) is 5.03. The van der Waals surface area contributed by atoms with Gasteiger partial charge in [-0.3, -0.25) is 4.79 Å². The number of rotatable bonds is 6. The van der Waals surface area contributed by atoms with E-state index < -0.39 is 0 Å². The van der Waals surface area contributed by atoms with Crippen molar-refractivity contribution in [3.63, 3.8) is 0 Å². The van der Waals surface area contributed by atoms with Crippen LogP contribution in [0.4, 0.5) is 0 Å². The maximum absolute atomic E-state index is 12.4. The number of benzene rings is 2. The number of nitrogens with zero attached hydrogens (tertiary/aromatic N) is 1. The monoisotopic (exact) mass is 325 g/mol. The van der Waals surface area contributed by atoms with Crippen molar-refractivity contribution >= 4 is 17.7 Å². The van der Waals surface area contributed by atoms with Gasteiger partial charge in [0.15, 0.2) is 0 Å². The molecule has 0 aromatic heterocycles. The van der Waals surface area contributed by atoms with Crippen molar-refractivity contribution in [2.24, 2.45) is 0 Å². The smallest absolute Gasteiger partial charge is 0.264 e. The number of hydrogen-bond acceptors (Lipinski definition) is 3. The zero-order valence-electron chi connectivity index (χ0n) is 12.8. The van der Waals surface area contributed by atoms with Gasteiger partial charge in [-0.2, -0.15) is 0 Å². The minimum Gasteiger partial charge on any atom is -0.509 e. The van der Waals surface area contributed by atoms with E-state index in [1.165, 1.54) is 17.3 Å². The summed E-state index contributed by atoms with van der Waals surface area (Å²) in [4.78, 5) is 14.6. The Bertz CT molecular complexity index is 698. The zero-order valence-corrected chi connectivity index (χ0v) is 13.6. The lowest BCUT2D eigenvalue weighted by Crippen LogP contribution is -2.26. The van der Waals surface area contributed by atoms with Gasteiger partial charge in [-0.05, 0) is 17.5 Å². The predicted molar refractivity (Wildman–Crippen MR) is 94.1 cm³/mol. The minimum atomic E-state index is -0.0654. The van der Waals surface area contributed by atoms with Gasteiger partial charge in [0.05, 0.1) is 6.54 Å². The fourth-order valence-electron chi connectivity index (χ4n) is 2.58. The van der Waals surface area contributed by atoms with E-state index in [1.54, 1.807) is 4.90 Å². The molecule has 23 heavy (non-hydrogen) atoms. The lowest BCUT2D eigenvalue weighted by Gasteiger charge is -2.16. The second-order valence-electron chi connectivity index (χ2n) is 5.51. The highest BCUT2D eigenvalue weighted by Gasteiger charge is 2.30. The molecule has 118 valence electrons. The second kappa shape index (κ2) is 7.38. The summed E-state index contributed by atoms with van der Waals surface area (Å²) in [5.41, 5.74) is 2.32. The summed E-state index contributed by atoms with van der Waals surface area (Å²) in [5.74, 6) is 0.919. The first kappa shape index (κ1) is 15.7. The number of aryl methyl sites for hydroxylation is 1. The van der Waals surface area contributed by atoms with Crippen LogP contribution in [0.3, 0.4) is 0 Å². The summed E-state index contributed by atoms with van der Waals surface area (Å²) in [6.07, 6.45) is 0.883. The molecule has 0 saturated carbocycles. The predicted octanol–water partition coefficient (Wildman–Crippen LogP) is 3.77. The van der Waals surface area contributed by atoms with Gasteiger partial charge >= 0.3 is 0 Å². The second-order valence-corrected chi connectivity index (χ2v) is 6.61. The third kappa shape index (κ3) is 3.96. The number of carbonyl (C=O) groups excluding carboxylic acids is 1. The molecule has 0 unspecified atom stereocenters. The highest BCUT2D eigenvalue weighted by Crippen LogP contribution is 2.29. The number of hydrogen-bond donors (Lipinski definition) is 1. The van der Waals surface area contributed by atoms with Gasteiger partial charge in [0, 0.05) is 12.3 Å². The number of carbonyl (C=O) groups is 1. The lowest BCUT2D eigenvalue weighted by atomic mass is 10.2. The molecule has 4 heteroatoms. The van der Waals surface area contributed by atoms with Crippen LogP contribution >= 0.6 is 11.8 Å². The van der Waals surface area contributed by atoms with Crippen molar-refractivity contribution in [3.8, 4) is 0 Å². The molecule has 0 spiro atoms. The molecule has 3 rings (SSSR count). The molecule has 3 nitrogen and oxygen atoms in total. The van der Waals surface area contributed by atoms with Gasteiger partial charge in [0.1, 0.15) is 10.7 Å². The number of thioether (sulfide) groups is 1. The van der Waals surface area contributed by atoms with Crippen molar-refractivity contribution in [3.05, 3.63) is 82.5 Å². The van der Waals surface area contributed by atoms with Crippen LogP contribution < -0.4 is 0 Å². The van der Waals surface area contributed by atoms with Gasteiger partial charge < -0.3 is 10.0 Å². The molecule has 0 atom stereocenters. The van der Waals surface area contributed by atoms with Crippen LogP contribution in [-0.2, 0) is 17.8 Å². The first-order valence-corrected chi connectivity index (χ1v) is 8.64. The van der Waals surface area contributed by atoms with E-state index in [2.05, 4.69) is 12.1 Å². The molecule has 2 aromatic rings. The SMILES string of the molecule is O=C1C(SCCc2ccccc2)=C(O)CN1Cc1ccccc1. The average molecular weight is 325 g/mol. The minimum absolute atomic E-state index is 0.0654. The Hall–Kier alpha value is -2.20. The van der Waals surface area contributed by atoms with Crippen LogP contribution in [0.25, 0.3) is 0 Å².